The fraction of sp³-hybridized carbons (Fsp3) is 0.583. The van der Waals surface area contributed by atoms with Crippen LogP contribution in [0.15, 0.2) is 35.1 Å². The van der Waals surface area contributed by atoms with Crippen LogP contribution in [0.3, 0.4) is 0 Å². The van der Waals surface area contributed by atoms with Crippen LogP contribution in [-0.2, 0) is 0 Å². The Labute approximate surface area is 183 Å². The number of hydrogen-bond acceptors (Lipinski definition) is 5. The van der Waals surface area contributed by atoms with Gasteiger partial charge in [-0.3, -0.25) is 14.5 Å². The first kappa shape index (κ1) is 22.0. The van der Waals surface area contributed by atoms with Crippen molar-refractivity contribution in [2.75, 3.05) is 20.1 Å². The van der Waals surface area contributed by atoms with Crippen LogP contribution in [0.1, 0.15) is 55.9 Å². The molecule has 7 heteroatoms. The SMILES string of the molecule is CNC[C@H](O)CN1[C@@H]2CC[C@H]1C[C@@H](NC(=O)c1cc3ccccc3n(C(C)C)c1=O)C2. The zero-order valence-electron chi connectivity index (χ0n) is 18.7. The summed E-state index contributed by atoms with van der Waals surface area (Å²) in [4.78, 5) is 28.7. The van der Waals surface area contributed by atoms with Crippen molar-refractivity contribution in [3.8, 4) is 0 Å². The van der Waals surface area contributed by atoms with E-state index in [-0.39, 0.29) is 35.2 Å². The minimum absolute atomic E-state index is 0.0340. The molecule has 1 aromatic carbocycles. The summed E-state index contributed by atoms with van der Waals surface area (Å²) in [7, 11) is 1.85. The van der Waals surface area contributed by atoms with Crippen molar-refractivity contribution in [3.63, 3.8) is 0 Å². The van der Waals surface area contributed by atoms with Crippen molar-refractivity contribution < 1.29 is 9.90 Å². The van der Waals surface area contributed by atoms with Gasteiger partial charge in [-0.25, -0.2) is 0 Å². The first-order valence-corrected chi connectivity index (χ1v) is 11.4. The third-order valence-electron chi connectivity index (χ3n) is 6.79. The van der Waals surface area contributed by atoms with Crippen molar-refractivity contribution in [3.05, 3.63) is 46.2 Å². The first-order valence-electron chi connectivity index (χ1n) is 11.4. The van der Waals surface area contributed by atoms with Gasteiger partial charge in [0.15, 0.2) is 0 Å². The van der Waals surface area contributed by atoms with Gasteiger partial charge in [0.2, 0.25) is 0 Å². The Hall–Kier alpha value is -2.22. The van der Waals surface area contributed by atoms with Gasteiger partial charge in [-0.05, 0) is 64.1 Å². The standard InChI is InChI=1S/C24H34N4O3/c1-15(2)28-22-7-5-4-6-16(22)10-21(24(28)31)23(30)26-17-11-18-8-9-19(12-17)27(18)14-20(29)13-25-3/h4-7,10,15,17-20,25,29H,8-9,11-14H2,1-3H3,(H,26,30)/t17-,18+,19-,20-/m0/s1. The average molecular weight is 427 g/mol. The van der Waals surface area contributed by atoms with Crippen LogP contribution < -0.4 is 16.2 Å². The van der Waals surface area contributed by atoms with Crippen molar-refractivity contribution in [1.82, 2.24) is 20.1 Å². The highest BCUT2D eigenvalue weighted by Crippen LogP contribution is 2.35. The highest BCUT2D eigenvalue weighted by molar-refractivity contribution is 5.97. The van der Waals surface area contributed by atoms with E-state index in [1.54, 1.807) is 10.6 Å². The van der Waals surface area contributed by atoms with E-state index in [0.29, 0.717) is 25.2 Å². The predicted octanol–water partition coefficient (Wildman–Crippen LogP) is 1.89. The van der Waals surface area contributed by atoms with E-state index in [2.05, 4.69) is 15.5 Å². The van der Waals surface area contributed by atoms with E-state index in [9.17, 15) is 14.7 Å². The lowest BCUT2D eigenvalue weighted by Crippen LogP contribution is -2.53. The van der Waals surface area contributed by atoms with Gasteiger partial charge in [0.1, 0.15) is 5.56 Å². The summed E-state index contributed by atoms with van der Waals surface area (Å²) in [5.74, 6) is -0.279. The monoisotopic (exact) mass is 426 g/mol. The molecule has 1 amide bonds. The Morgan fingerprint density at radius 1 is 1.19 bits per heavy atom. The predicted molar refractivity (Wildman–Crippen MR) is 123 cm³/mol. The molecule has 0 aliphatic carbocycles. The number of nitrogens with one attached hydrogen (secondary N) is 2. The maximum Gasteiger partial charge on any atom is 0.264 e. The number of carbonyl (C=O) groups excluding carboxylic acids is 1. The minimum Gasteiger partial charge on any atom is -0.390 e. The number of fused-ring (bicyclic) bond motifs is 3. The first-order chi connectivity index (χ1) is 14.9. The Morgan fingerprint density at radius 2 is 1.87 bits per heavy atom. The molecule has 3 N–H and O–H groups in total. The van der Waals surface area contributed by atoms with Crippen LogP contribution in [0.25, 0.3) is 10.9 Å². The quantitative estimate of drug-likeness (QED) is 0.630. The zero-order chi connectivity index (χ0) is 22.1. The highest BCUT2D eigenvalue weighted by atomic mass is 16.3. The van der Waals surface area contributed by atoms with E-state index in [1.165, 1.54) is 0 Å². The summed E-state index contributed by atoms with van der Waals surface area (Å²) in [6.45, 7) is 5.18. The molecule has 2 saturated heterocycles. The van der Waals surface area contributed by atoms with Crippen LogP contribution in [0.5, 0.6) is 0 Å². The van der Waals surface area contributed by atoms with Gasteiger partial charge < -0.3 is 20.3 Å². The molecule has 0 radical (unpaired) electrons. The topological polar surface area (TPSA) is 86.6 Å². The largest absolute Gasteiger partial charge is 0.390 e. The molecule has 4 rings (SSSR count). The van der Waals surface area contributed by atoms with Crippen LogP contribution in [0, 0.1) is 0 Å². The molecule has 2 fully saturated rings. The van der Waals surface area contributed by atoms with Crippen molar-refractivity contribution >= 4 is 16.8 Å². The number of carbonyl (C=O) groups is 1. The number of amides is 1. The number of para-hydroxylation sites is 1. The van der Waals surface area contributed by atoms with Gasteiger partial charge >= 0.3 is 0 Å². The minimum atomic E-state index is -0.383. The summed E-state index contributed by atoms with van der Waals surface area (Å²) < 4.78 is 1.71. The molecule has 2 aliphatic rings. The number of benzene rings is 1. The fourth-order valence-electron chi connectivity index (χ4n) is 5.46. The fourth-order valence-corrected chi connectivity index (χ4v) is 5.46. The van der Waals surface area contributed by atoms with Gasteiger partial charge in [-0.2, -0.15) is 0 Å². The van der Waals surface area contributed by atoms with Gasteiger partial charge in [0, 0.05) is 37.3 Å². The lowest BCUT2D eigenvalue weighted by atomic mass is 9.96. The number of hydrogen-bond donors (Lipinski definition) is 3. The number of rotatable bonds is 7. The molecular weight excluding hydrogens is 392 g/mol. The summed E-state index contributed by atoms with van der Waals surface area (Å²) in [5, 5.41) is 17.3. The van der Waals surface area contributed by atoms with E-state index in [4.69, 9.17) is 0 Å². The molecule has 31 heavy (non-hydrogen) atoms. The molecule has 0 saturated carbocycles. The lowest BCUT2D eigenvalue weighted by Gasteiger charge is -2.40. The van der Waals surface area contributed by atoms with Crippen molar-refractivity contribution in [2.24, 2.45) is 0 Å². The molecular formula is C24H34N4O3. The molecule has 2 bridgehead atoms. The second-order valence-corrected chi connectivity index (χ2v) is 9.32. The third kappa shape index (κ3) is 4.40. The highest BCUT2D eigenvalue weighted by Gasteiger charge is 2.41. The third-order valence-corrected chi connectivity index (χ3v) is 6.79. The number of nitrogens with zero attached hydrogens (tertiary/aromatic N) is 2. The molecule has 2 aromatic rings. The van der Waals surface area contributed by atoms with Crippen molar-refractivity contribution in [2.45, 2.75) is 69.8 Å². The molecule has 168 valence electrons. The Kier molecular flexibility index (Phi) is 6.46. The Bertz CT molecular complexity index is 988. The maximum absolute atomic E-state index is 13.1. The number of aliphatic hydroxyl groups excluding tert-OH is 1. The van der Waals surface area contributed by atoms with E-state index in [1.807, 2.05) is 45.2 Å². The molecule has 3 heterocycles. The molecule has 1 aromatic heterocycles. The Morgan fingerprint density at radius 3 is 2.52 bits per heavy atom. The molecule has 0 spiro atoms. The van der Waals surface area contributed by atoms with Gasteiger partial charge in [0.05, 0.1) is 11.6 Å². The molecule has 7 nitrogen and oxygen atoms in total. The normalized spacial score (nSPS) is 24.6. The van der Waals surface area contributed by atoms with Gasteiger partial charge in [-0.15, -0.1) is 0 Å². The molecule has 2 aliphatic heterocycles. The molecule has 4 atom stereocenters. The van der Waals surface area contributed by atoms with Crippen LogP contribution >= 0.6 is 0 Å². The van der Waals surface area contributed by atoms with Crippen LogP contribution in [-0.4, -0.2) is 64.8 Å². The van der Waals surface area contributed by atoms with E-state index in [0.717, 1.165) is 36.6 Å². The Balaban J connectivity index is 1.51. The second kappa shape index (κ2) is 9.10. The number of aliphatic hydroxyl groups is 1. The summed E-state index contributed by atoms with van der Waals surface area (Å²) in [5.41, 5.74) is 0.832. The van der Waals surface area contributed by atoms with Crippen LogP contribution in [0.2, 0.25) is 0 Å². The molecule has 0 unspecified atom stereocenters. The van der Waals surface area contributed by atoms with Crippen molar-refractivity contribution in [1.29, 1.82) is 0 Å². The number of likely N-dealkylation sites (N-methyl/N-ethyl adjacent to an activating group) is 1. The summed E-state index contributed by atoms with van der Waals surface area (Å²) in [6, 6.07) is 10.2. The van der Waals surface area contributed by atoms with Gasteiger partial charge in [-0.1, -0.05) is 18.2 Å². The number of aromatic nitrogens is 1. The summed E-state index contributed by atoms with van der Waals surface area (Å²) >= 11 is 0. The lowest BCUT2D eigenvalue weighted by molar-refractivity contribution is 0.0511. The maximum atomic E-state index is 13.1. The zero-order valence-corrected chi connectivity index (χ0v) is 18.7. The van der Waals surface area contributed by atoms with Crippen LogP contribution in [0.4, 0.5) is 0 Å². The number of piperidine rings is 1. The van der Waals surface area contributed by atoms with E-state index < -0.39 is 0 Å². The average Bonchev–Trinajstić information content (AvgIpc) is 2.95. The van der Waals surface area contributed by atoms with Gasteiger partial charge in [0.25, 0.3) is 11.5 Å². The van der Waals surface area contributed by atoms with E-state index >= 15 is 0 Å². The smallest absolute Gasteiger partial charge is 0.264 e. The second-order valence-electron chi connectivity index (χ2n) is 9.32. The number of pyridine rings is 1. The summed E-state index contributed by atoms with van der Waals surface area (Å²) in [6.07, 6.45) is 3.53.